The Morgan fingerprint density at radius 2 is 1.86 bits per heavy atom. The smallest absolute Gasteiger partial charge is 0.307 e. The Kier molecular flexibility index (Phi) is 5.76. The Labute approximate surface area is 127 Å². The van der Waals surface area contributed by atoms with E-state index >= 15 is 0 Å². The molecule has 116 valence electrons. The average molecular weight is 290 g/mol. The van der Waals surface area contributed by atoms with E-state index in [0.29, 0.717) is 0 Å². The lowest BCUT2D eigenvalue weighted by Gasteiger charge is -2.33. The van der Waals surface area contributed by atoms with Crippen LogP contribution in [0.2, 0.25) is 0 Å². The second-order valence-corrected chi connectivity index (χ2v) is 6.32. The van der Waals surface area contributed by atoms with Gasteiger partial charge in [0.2, 0.25) is 0 Å². The standard InChI is InChI=1S/C17H26N2O2/c1-18(2)12-14-7-9-19(10-8-14)13-16-6-4-3-5-15(16)11-17(20)21/h3-6,14H,7-13H2,1-2H3,(H,20,21). The number of hydrogen-bond acceptors (Lipinski definition) is 3. The summed E-state index contributed by atoms with van der Waals surface area (Å²) in [4.78, 5) is 15.7. The molecule has 0 atom stereocenters. The van der Waals surface area contributed by atoms with Crippen LogP contribution in [0.4, 0.5) is 0 Å². The molecule has 1 aliphatic rings. The first-order valence-corrected chi connectivity index (χ1v) is 7.70. The lowest BCUT2D eigenvalue weighted by atomic mass is 9.95. The monoisotopic (exact) mass is 290 g/mol. The van der Waals surface area contributed by atoms with E-state index in [9.17, 15) is 4.79 Å². The summed E-state index contributed by atoms with van der Waals surface area (Å²) in [6.07, 6.45) is 2.59. The molecule has 4 heteroatoms. The van der Waals surface area contributed by atoms with E-state index in [1.165, 1.54) is 19.4 Å². The van der Waals surface area contributed by atoms with Crippen LogP contribution >= 0.6 is 0 Å². The minimum atomic E-state index is -0.757. The van der Waals surface area contributed by atoms with Gasteiger partial charge >= 0.3 is 5.97 Å². The number of piperidine rings is 1. The van der Waals surface area contributed by atoms with Crippen molar-refractivity contribution < 1.29 is 9.90 Å². The maximum absolute atomic E-state index is 10.9. The van der Waals surface area contributed by atoms with Gasteiger partial charge in [-0.3, -0.25) is 9.69 Å². The molecule has 0 saturated carbocycles. The summed E-state index contributed by atoms with van der Waals surface area (Å²) < 4.78 is 0. The highest BCUT2D eigenvalue weighted by Gasteiger charge is 2.20. The van der Waals surface area contributed by atoms with Gasteiger partial charge in [0.15, 0.2) is 0 Å². The first-order valence-electron chi connectivity index (χ1n) is 7.70. The SMILES string of the molecule is CN(C)CC1CCN(Cc2ccccc2CC(=O)O)CC1. The summed E-state index contributed by atoms with van der Waals surface area (Å²) in [5.74, 6) is 0.0395. The van der Waals surface area contributed by atoms with Gasteiger partial charge in [0.25, 0.3) is 0 Å². The molecular weight excluding hydrogens is 264 g/mol. The molecule has 1 aliphatic heterocycles. The number of carboxylic acids is 1. The van der Waals surface area contributed by atoms with Crippen molar-refractivity contribution in [3.8, 4) is 0 Å². The van der Waals surface area contributed by atoms with Gasteiger partial charge in [0.05, 0.1) is 6.42 Å². The molecule has 4 nitrogen and oxygen atoms in total. The molecule has 1 heterocycles. The molecular formula is C17H26N2O2. The molecule has 1 aromatic rings. The summed E-state index contributed by atoms with van der Waals surface area (Å²) in [5, 5.41) is 9.00. The number of nitrogens with zero attached hydrogens (tertiary/aromatic N) is 2. The third kappa shape index (κ3) is 5.14. The van der Waals surface area contributed by atoms with Crippen molar-refractivity contribution in [2.24, 2.45) is 5.92 Å². The van der Waals surface area contributed by atoms with Crippen LogP contribution in [0.3, 0.4) is 0 Å². The van der Waals surface area contributed by atoms with Crippen LogP contribution in [-0.2, 0) is 17.8 Å². The molecule has 2 rings (SSSR count). The molecule has 0 amide bonds. The fraction of sp³-hybridized carbons (Fsp3) is 0.588. The van der Waals surface area contributed by atoms with Gasteiger partial charge in [-0.1, -0.05) is 24.3 Å². The summed E-state index contributed by atoms with van der Waals surface area (Å²) in [7, 11) is 4.27. The number of carboxylic acid groups (broad SMARTS) is 1. The van der Waals surface area contributed by atoms with Crippen molar-refractivity contribution in [1.82, 2.24) is 9.80 Å². The first-order chi connectivity index (χ1) is 10.0. The quantitative estimate of drug-likeness (QED) is 0.871. The normalized spacial score (nSPS) is 17.3. The van der Waals surface area contributed by atoms with Gasteiger partial charge in [-0.05, 0) is 57.1 Å². The average Bonchev–Trinajstić information content (AvgIpc) is 2.42. The Morgan fingerprint density at radius 1 is 1.24 bits per heavy atom. The third-order valence-corrected chi connectivity index (χ3v) is 4.18. The number of aliphatic carboxylic acids is 1. The topological polar surface area (TPSA) is 43.8 Å². The van der Waals surface area contributed by atoms with E-state index in [4.69, 9.17) is 5.11 Å². The molecule has 21 heavy (non-hydrogen) atoms. The van der Waals surface area contributed by atoms with Crippen LogP contribution < -0.4 is 0 Å². The number of rotatable bonds is 6. The van der Waals surface area contributed by atoms with E-state index in [0.717, 1.165) is 36.7 Å². The van der Waals surface area contributed by atoms with Crippen LogP contribution in [0, 0.1) is 5.92 Å². The minimum absolute atomic E-state index is 0.118. The molecule has 1 aromatic carbocycles. The summed E-state index contributed by atoms with van der Waals surface area (Å²) in [6, 6.07) is 7.91. The molecule has 1 saturated heterocycles. The highest BCUT2D eigenvalue weighted by Crippen LogP contribution is 2.21. The first kappa shape index (κ1) is 16.0. The van der Waals surface area contributed by atoms with Gasteiger partial charge in [-0.2, -0.15) is 0 Å². The highest BCUT2D eigenvalue weighted by atomic mass is 16.4. The van der Waals surface area contributed by atoms with Crippen molar-refractivity contribution in [2.75, 3.05) is 33.7 Å². The molecule has 0 radical (unpaired) electrons. The van der Waals surface area contributed by atoms with Crippen molar-refractivity contribution in [3.63, 3.8) is 0 Å². The molecule has 0 aromatic heterocycles. The third-order valence-electron chi connectivity index (χ3n) is 4.18. The largest absolute Gasteiger partial charge is 0.481 e. The zero-order valence-electron chi connectivity index (χ0n) is 13.1. The van der Waals surface area contributed by atoms with Crippen LogP contribution in [0.25, 0.3) is 0 Å². The Hall–Kier alpha value is -1.39. The van der Waals surface area contributed by atoms with E-state index in [1.807, 2.05) is 18.2 Å². The van der Waals surface area contributed by atoms with Gasteiger partial charge < -0.3 is 10.0 Å². The highest BCUT2D eigenvalue weighted by molar-refractivity contribution is 5.70. The van der Waals surface area contributed by atoms with E-state index in [-0.39, 0.29) is 6.42 Å². The number of benzene rings is 1. The zero-order valence-corrected chi connectivity index (χ0v) is 13.1. The van der Waals surface area contributed by atoms with Crippen LogP contribution in [-0.4, -0.2) is 54.6 Å². The predicted octanol–water partition coefficient (Wildman–Crippen LogP) is 2.09. The summed E-state index contributed by atoms with van der Waals surface area (Å²) in [5.41, 5.74) is 2.10. The number of carbonyl (C=O) groups is 1. The lowest BCUT2D eigenvalue weighted by Crippen LogP contribution is -2.36. The van der Waals surface area contributed by atoms with Gasteiger partial charge in [-0.25, -0.2) is 0 Å². The minimum Gasteiger partial charge on any atom is -0.481 e. The fourth-order valence-electron chi connectivity index (χ4n) is 3.13. The maximum atomic E-state index is 10.9. The van der Waals surface area contributed by atoms with Crippen molar-refractivity contribution in [2.45, 2.75) is 25.8 Å². The second kappa shape index (κ2) is 7.57. The van der Waals surface area contributed by atoms with E-state index < -0.39 is 5.97 Å². The maximum Gasteiger partial charge on any atom is 0.307 e. The summed E-state index contributed by atoms with van der Waals surface area (Å²) >= 11 is 0. The molecule has 0 spiro atoms. The van der Waals surface area contributed by atoms with Crippen molar-refractivity contribution in [1.29, 1.82) is 0 Å². The van der Waals surface area contributed by atoms with Gasteiger partial charge in [-0.15, -0.1) is 0 Å². The lowest BCUT2D eigenvalue weighted by molar-refractivity contribution is -0.136. The summed E-state index contributed by atoms with van der Waals surface area (Å²) in [6.45, 7) is 4.27. The van der Waals surface area contributed by atoms with Crippen molar-refractivity contribution >= 4 is 5.97 Å². The van der Waals surface area contributed by atoms with Gasteiger partial charge in [0.1, 0.15) is 0 Å². The molecule has 0 aliphatic carbocycles. The van der Waals surface area contributed by atoms with Gasteiger partial charge in [0, 0.05) is 13.1 Å². The van der Waals surface area contributed by atoms with E-state index in [1.54, 1.807) is 0 Å². The fourth-order valence-corrected chi connectivity index (χ4v) is 3.13. The molecule has 0 unspecified atom stereocenters. The van der Waals surface area contributed by atoms with E-state index in [2.05, 4.69) is 30.0 Å². The predicted molar refractivity (Wildman–Crippen MR) is 84.3 cm³/mol. The molecule has 1 fully saturated rings. The molecule has 0 bridgehead atoms. The Bertz CT molecular complexity index is 466. The van der Waals surface area contributed by atoms with Crippen LogP contribution in [0.15, 0.2) is 24.3 Å². The Morgan fingerprint density at radius 3 is 2.43 bits per heavy atom. The molecule has 1 N–H and O–H groups in total. The number of likely N-dealkylation sites (tertiary alicyclic amines) is 1. The second-order valence-electron chi connectivity index (χ2n) is 6.32. The van der Waals surface area contributed by atoms with Crippen LogP contribution in [0.5, 0.6) is 0 Å². The van der Waals surface area contributed by atoms with Crippen molar-refractivity contribution in [3.05, 3.63) is 35.4 Å². The Balaban J connectivity index is 1.90. The zero-order chi connectivity index (χ0) is 15.2. The number of hydrogen-bond donors (Lipinski definition) is 1. The van der Waals surface area contributed by atoms with Crippen LogP contribution in [0.1, 0.15) is 24.0 Å².